The third-order valence-electron chi connectivity index (χ3n) is 7.00. The van der Waals surface area contributed by atoms with Gasteiger partial charge in [-0.25, -0.2) is 0 Å². The lowest BCUT2D eigenvalue weighted by Gasteiger charge is -2.49. The fourth-order valence-corrected chi connectivity index (χ4v) is 5.13. The average Bonchev–Trinajstić information content (AvgIpc) is 2.72. The van der Waals surface area contributed by atoms with Crippen molar-refractivity contribution < 1.29 is 33.1 Å². The van der Waals surface area contributed by atoms with Gasteiger partial charge in [-0.2, -0.15) is 0 Å². The van der Waals surface area contributed by atoms with E-state index in [0.29, 0.717) is 0 Å². The van der Waals surface area contributed by atoms with Crippen LogP contribution in [0, 0.1) is 11.3 Å². The molecule has 0 aromatic heterocycles. The molecule has 3 unspecified atom stereocenters. The molecule has 0 spiro atoms. The van der Waals surface area contributed by atoms with Crippen molar-refractivity contribution in [2.24, 2.45) is 11.3 Å². The van der Waals surface area contributed by atoms with Crippen molar-refractivity contribution in [3.05, 3.63) is 35.9 Å². The van der Waals surface area contributed by atoms with Crippen LogP contribution < -0.4 is 5.32 Å². The smallest absolute Gasteiger partial charge is 0.321 e. The highest BCUT2D eigenvalue weighted by molar-refractivity contribution is 6.74. The number of carbonyl (C=O) groups is 4. The molecule has 4 atom stereocenters. The quantitative estimate of drug-likeness (QED) is 0.231. The zero-order chi connectivity index (χ0) is 25.9. The Hall–Kier alpha value is -2.52. The number of ketones is 1. The number of Topliss-reactive ketones (excluding diaryl/α,β-unsaturated/α-hetero) is 1. The number of benzene rings is 1. The van der Waals surface area contributed by atoms with Crippen LogP contribution in [0.2, 0.25) is 18.1 Å². The summed E-state index contributed by atoms with van der Waals surface area (Å²) < 4.78 is 16.8. The summed E-state index contributed by atoms with van der Waals surface area (Å²) in [5.41, 5.74) is -0.997. The minimum atomic E-state index is -2.23. The number of rotatable bonds is 10. The van der Waals surface area contributed by atoms with Gasteiger partial charge in [-0.15, -0.1) is 0 Å². The minimum absolute atomic E-state index is 0.0303. The van der Waals surface area contributed by atoms with Crippen LogP contribution >= 0.6 is 0 Å². The first-order chi connectivity index (χ1) is 15.6. The van der Waals surface area contributed by atoms with Gasteiger partial charge in [0.15, 0.2) is 20.7 Å². The predicted molar refractivity (Wildman–Crippen MR) is 129 cm³/mol. The van der Waals surface area contributed by atoms with E-state index in [1.165, 1.54) is 13.8 Å². The highest BCUT2D eigenvalue weighted by Crippen LogP contribution is 2.42. The molecule has 1 N–H and O–H groups in total. The van der Waals surface area contributed by atoms with Crippen molar-refractivity contribution >= 4 is 31.9 Å². The summed E-state index contributed by atoms with van der Waals surface area (Å²) in [6, 6.07) is 8.22. The van der Waals surface area contributed by atoms with Gasteiger partial charge in [-0.3, -0.25) is 19.2 Å². The summed E-state index contributed by atoms with van der Waals surface area (Å²) >= 11 is 0. The van der Waals surface area contributed by atoms with Crippen molar-refractivity contribution in [3.63, 3.8) is 0 Å². The number of amides is 1. The van der Waals surface area contributed by atoms with Crippen molar-refractivity contribution in [3.8, 4) is 0 Å². The molecule has 1 aliphatic heterocycles. The molecule has 1 aliphatic rings. The Morgan fingerprint density at radius 1 is 1.06 bits per heavy atom. The van der Waals surface area contributed by atoms with Crippen molar-refractivity contribution in [1.29, 1.82) is 0 Å². The lowest BCUT2D eigenvalue weighted by Crippen LogP contribution is -2.72. The lowest BCUT2D eigenvalue weighted by molar-refractivity contribution is -0.173. The zero-order valence-corrected chi connectivity index (χ0v) is 22.4. The third kappa shape index (κ3) is 5.93. The molecule has 1 aromatic carbocycles. The Bertz CT molecular complexity index is 925. The molecule has 1 fully saturated rings. The molecule has 1 amide bonds. The van der Waals surface area contributed by atoms with Crippen LogP contribution in [-0.2, 0) is 39.7 Å². The second kappa shape index (κ2) is 10.4. The Morgan fingerprint density at radius 2 is 1.65 bits per heavy atom. The number of β-lactam (4-membered cyclic amide) rings is 1. The van der Waals surface area contributed by atoms with Crippen LogP contribution in [0.1, 0.15) is 47.1 Å². The molecule has 1 saturated heterocycles. The molecule has 0 saturated carbocycles. The highest BCUT2D eigenvalue weighted by atomic mass is 28.4. The third-order valence-corrected chi connectivity index (χ3v) is 11.6. The van der Waals surface area contributed by atoms with Crippen LogP contribution in [0.25, 0.3) is 0 Å². The number of hydrogen-bond donors (Lipinski definition) is 1. The number of carbonyl (C=O) groups excluding carboxylic acids is 4. The number of esters is 2. The maximum absolute atomic E-state index is 13.3. The molecule has 0 bridgehead atoms. The average molecular weight is 492 g/mol. The maximum atomic E-state index is 13.3. The number of nitrogens with one attached hydrogen (secondary N) is 1. The molecule has 0 radical (unpaired) electrons. The molecular formula is C25H37NO7Si. The van der Waals surface area contributed by atoms with Gasteiger partial charge in [0, 0.05) is 6.92 Å². The summed E-state index contributed by atoms with van der Waals surface area (Å²) in [5, 5.41) is 2.64. The molecule has 34 heavy (non-hydrogen) atoms. The van der Waals surface area contributed by atoms with Crippen LogP contribution in [0.3, 0.4) is 0 Å². The van der Waals surface area contributed by atoms with E-state index in [4.69, 9.17) is 13.9 Å². The summed E-state index contributed by atoms with van der Waals surface area (Å²) in [6.07, 6.45) is -0.526. The van der Waals surface area contributed by atoms with Gasteiger partial charge in [0.2, 0.25) is 5.91 Å². The van der Waals surface area contributed by atoms with Gasteiger partial charge >= 0.3 is 11.9 Å². The molecule has 2 rings (SSSR count). The normalized spacial score (nSPS) is 20.9. The largest absolute Gasteiger partial charge is 0.460 e. The first-order valence-electron chi connectivity index (χ1n) is 11.5. The Balaban J connectivity index is 2.31. The lowest BCUT2D eigenvalue weighted by atomic mass is 9.67. The van der Waals surface area contributed by atoms with Crippen molar-refractivity contribution in [2.75, 3.05) is 6.61 Å². The molecular weight excluding hydrogens is 454 g/mol. The Kier molecular flexibility index (Phi) is 8.47. The van der Waals surface area contributed by atoms with Crippen LogP contribution in [0.15, 0.2) is 30.3 Å². The minimum Gasteiger partial charge on any atom is -0.460 e. The zero-order valence-electron chi connectivity index (χ0n) is 21.4. The first kappa shape index (κ1) is 27.7. The van der Waals surface area contributed by atoms with Gasteiger partial charge in [0.1, 0.15) is 12.0 Å². The topological polar surface area (TPSA) is 108 Å². The van der Waals surface area contributed by atoms with E-state index in [1.54, 1.807) is 19.1 Å². The van der Waals surface area contributed by atoms with Crippen LogP contribution in [-0.4, -0.2) is 50.7 Å². The van der Waals surface area contributed by atoms with Crippen molar-refractivity contribution in [1.82, 2.24) is 5.32 Å². The van der Waals surface area contributed by atoms with E-state index in [9.17, 15) is 19.2 Å². The highest BCUT2D eigenvalue weighted by Gasteiger charge is 2.61. The fraction of sp³-hybridized carbons (Fsp3) is 0.600. The van der Waals surface area contributed by atoms with Gasteiger partial charge in [-0.05, 0) is 37.5 Å². The van der Waals surface area contributed by atoms with Gasteiger partial charge in [-0.1, -0.05) is 51.1 Å². The standard InChI is InChI=1S/C25H37NO7Si/c1-16(33-34(7,8)24(3,4)5)20-21(26-22(20)29)25(6,19(28)15-31-17(2)27)23(30)32-14-18-12-10-9-11-13-18/h9-13,16,20-21H,14-15H2,1-8H3,(H,26,29)/t16-,20?,21?,25?/m0/s1. The molecule has 188 valence electrons. The SMILES string of the molecule is CC(=O)OCC(=O)C(C)(C(=O)OCc1ccccc1)C1NC(=O)C1[C@H](C)O[Si](C)(C)C(C)(C)C. The summed E-state index contributed by atoms with van der Waals surface area (Å²) in [7, 11) is -2.23. The van der Waals surface area contributed by atoms with E-state index < -0.39 is 56.1 Å². The molecule has 1 aromatic rings. The van der Waals surface area contributed by atoms with E-state index in [1.807, 2.05) is 18.2 Å². The second-order valence-electron chi connectivity index (χ2n) is 10.6. The maximum Gasteiger partial charge on any atom is 0.321 e. The van der Waals surface area contributed by atoms with E-state index >= 15 is 0 Å². The van der Waals surface area contributed by atoms with E-state index in [2.05, 4.69) is 39.2 Å². The predicted octanol–water partition coefficient (Wildman–Crippen LogP) is 3.39. The van der Waals surface area contributed by atoms with E-state index in [-0.39, 0.29) is 17.6 Å². The van der Waals surface area contributed by atoms with E-state index in [0.717, 1.165) is 5.56 Å². The van der Waals surface area contributed by atoms with Crippen LogP contribution in [0.5, 0.6) is 0 Å². The van der Waals surface area contributed by atoms with Gasteiger partial charge in [0.25, 0.3) is 0 Å². The summed E-state index contributed by atoms with van der Waals surface area (Å²) in [6.45, 7) is 14.2. The summed E-state index contributed by atoms with van der Waals surface area (Å²) in [4.78, 5) is 50.5. The Morgan fingerprint density at radius 3 is 2.15 bits per heavy atom. The molecule has 0 aliphatic carbocycles. The number of hydrogen-bond acceptors (Lipinski definition) is 7. The fourth-order valence-electron chi connectivity index (χ4n) is 3.70. The van der Waals surface area contributed by atoms with Crippen LogP contribution in [0.4, 0.5) is 0 Å². The number of ether oxygens (including phenoxy) is 2. The Labute approximate surface area is 202 Å². The van der Waals surface area contributed by atoms with Gasteiger partial charge in [0.05, 0.1) is 18.1 Å². The van der Waals surface area contributed by atoms with Gasteiger partial charge < -0.3 is 19.2 Å². The van der Waals surface area contributed by atoms with Crippen molar-refractivity contribution in [2.45, 2.75) is 78.4 Å². The monoisotopic (exact) mass is 491 g/mol. The molecule has 1 heterocycles. The molecule has 9 heteroatoms. The second-order valence-corrected chi connectivity index (χ2v) is 15.3. The summed E-state index contributed by atoms with van der Waals surface area (Å²) in [5.74, 6) is -3.10. The molecule has 8 nitrogen and oxygen atoms in total. The first-order valence-corrected chi connectivity index (χ1v) is 14.4.